The molecular weight excluding hydrogens is 632 g/mol. The minimum absolute atomic E-state index is 0.0466. The zero-order chi connectivity index (χ0) is 33.5. The van der Waals surface area contributed by atoms with Crippen LogP contribution in [0.4, 0.5) is 0 Å². The normalized spacial score (nSPS) is 11.2. The van der Waals surface area contributed by atoms with Gasteiger partial charge < -0.3 is 28.8 Å². The average Bonchev–Trinajstić information content (AvgIpc) is 3.84. The second kappa shape index (κ2) is 14.8. The van der Waals surface area contributed by atoms with E-state index in [4.69, 9.17) is 28.8 Å². The highest BCUT2D eigenvalue weighted by Gasteiger charge is 2.15. The van der Waals surface area contributed by atoms with Gasteiger partial charge in [0.05, 0.1) is 37.1 Å². The molecule has 0 spiro atoms. The van der Waals surface area contributed by atoms with E-state index in [9.17, 15) is 9.90 Å². The SMILES string of the molecule is COc1cc(COc2nn(-c3ccccc3)cc2C=Cc2csc(CO)n2)ccc1OCc1nc(-c2ccc(CC(=O)O)cc2)oc1C. The zero-order valence-corrected chi connectivity index (χ0v) is 27.0. The molecule has 12 heteroatoms. The molecule has 0 atom stereocenters. The lowest BCUT2D eigenvalue weighted by Gasteiger charge is -2.12. The van der Waals surface area contributed by atoms with Crippen LogP contribution in [-0.4, -0.2) is 43.0 Å². The van der Waals surface area contributed by atoms with Crippen LogP contribution in [0.3, 0.4) is 0 Å². The Balaban J connectivity index is 1.14. The van der Waals surface area contributed by atoms with Crippen LogP contribution in [0.25, 0.3) is 29.3 Å². The van der Waals surface area contributed by atoms with Crippen LogP contribution in [-0.2, 0) is 31.0 Å². The van der Waals surface area contributed by atoms with Gasteiger partial charge in [0.15, 0.2) is 11.5 Å². The molecule has 2 N–H and O–H groups in total. The van der Waals surface area contributed by atoms with Gasteiger partial charge in [-0.1, -0.05) is 36.4 Å². The van der Waals surface area contributed by atoms with Crippen LogP contribution >= 0.6 is 11.3 Å². The predicted molar refractivity (Wildman–Crippen MR) is 180 cm³/mol. The first-order valence-corrected chi connectivity index (χ1v) is 15.8. The molecule has 0 aliphatic rings. The number of aryl methyl sites for hydroxylation is 1. The van der Waals surface area contributed by atoms with Gasteiger partial charge in [-0.3, -0.25) is 4.79 Å². The number of nitrogens with zero attached hydrogens (tertiary/aromatic N) is 4. The number of aliphatic hydroxyl groups excluding tert-OH is 1. The summed E-state index contributed by atoms with van der Waals surface area (Å²) in [6, 6.07) is 22.4. The molecule has 0 amide bonds. The third kappa shape index (κ3) is 7.80. The fraction of sp³-hybridized carbons (Fsp3) is 0.167. The van der Waals surface area contributed by atoms with Crippen molar-refractivity contribution in [1.29, 1.82) is 0 Å². The maximum absolute atomic E-state index is 11.0. The Morgan fingerprint density at radius 1 is 0.958 bits per heavy atom. The number of hydrogen-bond acceptors (Lipinski definition) is 10. The summed E-state index contributed by atoms with van der Waals surface area (Å²) in [7, 11) is 1.57. The Morgan fingerprint density at radius 3 is 2.48 bits per heavy atom. The number of thiazole rings is 1. The first kappa shape index (κ1) is 32.2. The minimum Gasteiger partial charge on any atom is -0.493 e. The largest absolute Gasteiger partial charge is 0.493 e. The fourth-order valence-electron chi connectivity index (χ4n) is 4.80. The molecular formula is C36H32N4O7S. The van der Waals surface area contributed by atoms with E-state index in [1.54, 1.807) is 36.1 Å². The van der Waals surface area contributed by atoms with Crippen molar-refractivity contribution in [2.45, 2.75) is 33.2 Å². The first-order chi connectivity index (χ1) is 23.4. The minimum atomic E-state index is -0.885. The zero-order valence-electron chi connectivity index (χ0n) is 26.2. The van der Waals surface area contributed by atoms with E-state index < -0.39 is 5.97 Å². The molecule has 0 unspecified atom stereocenters. The van der Waals surface area contributed by atoms with Crippen LogP contribution in [0.15, 0.2) is 88.8 Å². The first-order valence-electron chi connectivity index (χ1n) is 15.0. The number of carboxylic acids is 1. The molecule has 11 nitrogen and oxygen atoms in total. The molecule has 0 saturated carbocycles. The molecule has 6 aromatic rings. The van der Waals surface area contributed by atoms with Crippen LogP contribution in [0.1, 0.15) is 38.8 Å². The van der Waals surface area contributed by atoms with Gasteiger partial charge in [-0.2, -0.15) is 0 Å². The summed E-state index contributed by atoms with van der Waals surface area (Å²) in [4.78, 5) is 20.0. The van der Waals surface area contributed by atoms with Crippen molar-refractivity contribution in [3.8, 4) is 34.5 Å². The highest BCUT2D eigenvalue weighted by atomic mass is 32.1. The van der Waals surface area contributed by atoms with Gasteiger partial charge in [0, 0.05) is 17.1 Å². The highest BCUT2D eigenvalue weighted by molar-refractivity contribution is 7.09. The second-order valence-electron chi connectivity index (χ2n) is 10.7. The number of benzene rings is 3. The molecule has 0 bridgehead atoms. The molecule has 3 aromatic carbocycles. The maximum atomic E-state index is 11.0. The number of methoxy groups -OCH3 is 1. The van der Waals surface area contributed by atoms with Gasteiger partial charge in [0.25, 0.3) is 0 Å². The van der Waals surface area contributed by atoms with E-state index in [0.717, 1.165) is 28.1 Å². The molecule has 3 heterocycles. The molecule has 0 saturated heterocycles. The van der Waals surface area contributed by atoms with Crippen LogP contribution in [0.2, 0.25) is 0 Å². The lowest BCUT2D eigenvalue weighted by Crippen LogP contribution is -2.02. The summed E-state index contributed by atoms with van der Waals surface area (Å²) < 4.78 is 25.6. The average molecular weight is 665 g/mol. The monoisotopic (exact) mass is 664 g/mol. The summed E-state index contributed by atoms with van der Waals surface area (Å²) >= 11 is 1.40. The molecule has 0 fully saturated rings. The van der Waals surface area contributed by atoms with Crippen molar-refractivity contribution in [2.24, 2.45) is 0 Å². The number of oxazole rings is 1. The summed E-state index contributed by atoms with van der Waals surface area (Å²) in [6.45, 7) is 2.10. The van der Waals surface area contributed by atoms with Crippen LogP contribution < -0.4 is 14.2 Å². The molecule has 0 radical (unpaired) electrons. The number of hydrogen-bond donors (Lipinski definition) is 2. The summed E-state index contributed by atoms with van der Waals surface area (Å²) in [6.07, 6.45) is 5.60. The second-order valence-corrected chi connectivity index (χ2v) is 11.6. The Hall–Kier alpha value is -5.72. The molecule has 48 heavy (non-hydrogen) atoms. The van der Waals surface area contributed by atoms with Crippen molar-refractivity contribution in [3.63, 3.8) is 0 Å². The van der Waals surface area contributed by atoms with E-state index in [1.165, 1.54) is 11.3 Å². The fourth-order valence-corrected chi connectivity index (χ4v) is 5.43. The standard InChI is InChI=1S/C36H32N4O7S/c1-23-30(38-35(47-23)26-11-8-24(9-12-26)17-34(42)43)21-45-31-15-10-25(16-32(31)44-2)20-46-36-27(13-14-28-22-48-33(19-41)37-28)18-40(39-36)29-6-4-3-5-7-29/h3-16,18,22,41H,17,19-21H2,1-2H3,(H,42,43). The molecule has 244 valence electrons. The van der Waals surface area contributed by atoms with E-state index in [1.807, 2.05) is 79.2 Å². The number of aliphatic hydroxyl groups is 1. The third-order valence-electron chi connectivity index (χ3n) is 7.28. The Bertz CT molecular complexity index is 2030. The lowest BCUT2D eigenvalue weighted by molar-refractivity contribution is -0.136. The number of rotatable bonds is 14. The van der Waals surface area contributed by atoms with Crippen LogP contribution in [0.5, 0.6) is 17.4 Å². The highest BCUT2D eigenvalue weighted by Crippen LogP contribution is 2.31. The Kier molecular flexibility index (Phi) is 9.93. The molecule has 0 aliphatic heterocycles. The number of aliphatic carboxylic acids is 1. The Morgan fingerprint density at radius 2 is 1.75 bits per heavy atom. The van der Waals surface area contributed by atoms with Crippen molar-refractivity contribution in [3.05, 3.63) is 123 Å². The number of ether oxygens (including phenoxy) is 3. The van der Waals surface area contributed by atoms with Crippen LogP contribution in [0, 0.1) is 6.92 Å². The van der Waals surface area contributed by atoms with Gasteiger partial charge in [-0.05, 0) is 66.6 Å². The number of carboxylic acid groups (broad SMARTS) is 1. The third-order valence-corrected chi connectivity index (χ3v) is 8.13. The van der Waals surface area contributed by atoms with Gasteiger partial charge in [0.1, 0.15) is 29.7 Å². The van der Waals surface area contributed by atoms with Gasteiger partial charge in [-0.25, -0.2) is 14.6 Å². The summed E-state index contributed by atoms with van der Waals surface area (Å²) in [5, 5.41) is 25.6. The molecule has 0 aliphatic carbocycles. The number of carbonyl (C=O) groups is 1. The van der Waals surface area contributed by atoms with E-state index in [-0.39, 0.29) is 26.2 Å². The number of para-hydroxylation sites is 1. The summed E-state index contributed by atoms with van der Waals surface area (Å²) in [5.41, 5.74) is 5.32. The number of aromatic nitrogens is 4. The smallest absolute Gasteiger partial charge is 0.307 e. The molecule has 6 rings (SSSR count). The van der Waals surface area contributed by atoms with Crippen molar-refractivity contribution in [2.75, 3.05) is 7.11 Å². The topological polar surface area (TPSA) is 142 Å². The van der Waals surface area contributed by atoms with Gasteiger partial charge in [0.2, 0.25) is 11.8 Å². The lowest BCUT2D eigenvalue weighted by atomic mass is 10.1. The van der Waals surface area contributed by atoms with Crippen molar-refractivity contribution < 1.29 is 33.6 Å². The van der Waals surface area contributed by atoms with Gasteiger partial charge in [-0.15, -0.1) is 16.4 Å². The van der Waals surface area contributed by atoms with E-state index >= 15 is 0 Å². The quantitative estimate of drug-likeness (QED) is 0.128. The Labute approximate surface area is 280 Å². The van der Waals surface area contributed by atoms with Crippen molar-refractivity contribution >= 4 is 29.5 Å². The van der Waals surface area contributed by atoms with Gasteiger partial charge >= 0.3 is 5.97 Å². The predicted octanol–water partition coefficient (Wildman–Crippen LogP) is 6.75. The maximum Gasteiger partial charge on any atom is 0.307 e. The van der Waals surface area contributed by atoms with Crippen molar-refractivity contribution in [1.82, 2.24) is 19.7 Å². The molecule has 3 aromatic heterocycles. The summed E-state index contributed by atoms with van der Waals surface area (Å²) in [5.74, 6) is 1.67. The van der Waals surface area contributed by atoms with E-state index in [0.29, 0.717) is 45.3 Å². The van der Waals surface area contributed by atoms with E-state index in [2.05, 4.69) is 9.97 Å².